The maximum absolute atomic E-state index is 11.9. The van der Waals surface area contributed by atoms with Crippen molar-refractivity contribution in [3.8, 4) is 0 Å². The van der Waals surface area contributed by atoms with Gasteiger partial charge in [-0.25, -0.2) is 4.98 Å². The van der Waals surface area contributed by atoms with Crippen molar-refractivity contribution < 1.29 is 4.79 Å². The molecule has 3 nitrogen and oxygen atoms in total. The summed E-state index contributed by atoms with van der Waals surface area (Å²) in [5.41, 5.74) is 0.612. The highest BCUT2D eigenvalue weighted by atomic mass is 32.1. The maximum Gasteiger partial charge on any atom is 0.273 e. The van der Waals surface area contributed by atoms with Crippen LogP contribution < -0.4 is 0 Å². The first kappa shape index (κ1) is 9.65. The fourth-order valence-corrected chi connectivity index (χ4v) is 2.15. The van der Waals surface area contributed by atoms with E-state index in [2.05, 4.69) is 4.98 Å². The minimum Gasteiger partial charge on any atom is -0.335 e. The van der Waals surface area contributed by atoms with E-state index in [9.17, 15) is 4.79 Å². The van der Waals surface area contributed by atoms with Gasteiger partial charge in [0.05, 0.1) is 5.01 Å². The number of aryl methyl sites for hydroxylation is 1. The van der Waals surface area contributed by atoms with Gasteiger partial charge in [-0.2, -0.15) is 0 Å². The summed E-state index contributed by atoms with van der Waals surface area (Å²) >= 11 is 1.53. The Bertz CT molecular complexity index is 344. The predicted octanol–water partition coefficient (Wildman–Crippen LogP) is 2.08. The van der Waals surface area contributed by atoms with Crippen molar-refractivity contribution in [1.82, 2.24) is 9.88 Å². The molecule has 0 atom stereocenters. The lowest BCUT2D eigenvalue weighted by molar-refractivity contribution is 0.0747. The monoisotopic (exact) mass is 210 g/mol. The maximum atomic E-state index is 11.9. The molecule has 4 heteroatoms. The van der Waals surface area contributed by atoms with Gasteiger partial charge in [0, 0.05) is 18.0 Å². The Balaban J connectivity index is 2.13. The number of hydrogen-bond donors (Lipinski definition) is 0. The van der Waals surface area contributed by atoms with Gasteiger partial charge in [0.15, 0.2) is 0 Å². The first-order valence-electron chi connectivity index (χ1n) is 4.95. The van der Waals surface area contributed by atoms with Crippen molar-refractivity contribution in [1.29, 1.82) is 0 Å². The number of carbonyl (C=O) groups is 1. The number of carbonyl (C=O) groups excluding carboxylic acids is 1. The van der Waals surface area contributed by atoms with Crippen molar-refractivity contribution in [2.45, 2.75) is 32.7 Å². The van der Waals surface area contributed by atoms with E-state index in [1.165, 1.54) is 11.3 Å². The highest BCUT2D eigenvalue weighted by molar-refractivity contribution is 7.09. The Kier molecular flexibility index (Phi) is 2.54. The second kappa shape index (κ2) is 3.69. The summed E-state index contributed by atoms with van der Waals surface area (Å²) in [6.07, 6.45) is 2.31. The molecule has 14 heavy (non-hydrogen) atoms. The number of nitrogens with zero attached hydrogens (tertiary/aromatic N) is 2. The molecule has 1 heterocycles. The summed E-state index contributed by atoms with van der Waals surface area (Å²) in [5, 5.41) is 2.81. The molecule has 1 fully saturated rings. The molecular weight excluding hydrogens is 196 g/mol. The van der Waals surface area contributed by atoms with Gasteiger partial charge in [0.25, 0.3) is 5.91 Å². The minimum absolute atomic E-state index is 0.0966. The molecule has 2 rings (SSSR count). The van der Waals surface area contributed by atoms with E-state index in [4.69, 9.17) is 0 Å². The lowest BCUT2D eigenvalue weighted by Gasteiger charge is -2.18. The smallest absolute Gasteiger partial charge is 0.273 e. The third-order valence-electron chi connectivity index (χ3n) is 2.43. The summed E-state index contributed by atoms with van der Waals surface area (Å²) in [7, 11) is 0. The third kappa shape index (κ3) is 1.80. The zero-order valence-electron chi connectivity index (χ0n) is 8.49. The van der Waals surface area contributed by atoms with Gasteiger partial charge in [-0.05, 0) is 26.7 Å². The van der Waals surface area contributed by atoms with Crippen molar-refractivity contribution in [2.75, 3.05) is 6.54 Å². The Morgan fingerprint density at radius 1 is 1.71 bits per heavy atom. The molecule has 0 radical (unpaired) electrons. The lowest BCUT2D eigenvalue weighted by Crippen LogP contribution is -2.33. The van der Waals surface area contributed by atoms with Gasteiger partial charge in [-0.3, -0.25) is 4.79 Å². The highest BCUT2D eigenvalue weighted by Gasteiger charge is 2.32. The predicted molar refractivity (Wildman–Crippen MR) is 56.6 cm³/mol. The van der Waals surface area contributed by atoms with Crippen LogP contribution in [0.2, 0.25) is 0 Å². The van der Waals surface area contributed by atoms with Gasteiger partial charge in [-0.1, -0.05) is 0 Å². The third-order valence-corrected chi connectivity index (χ3v) is 3.20. The quantitative estimate of drug-likeness (QED) is 0.765. The van der Waals surface area contributed by atoms with Crippen molar-refractivity contribution in [3.63, 3.8) is 0 Å². The number of amides is 1. The first-order chi connectivity index (χ1) is 6.72. The molecule has 1 amide bonds. The van der Waals surface area contributed by atoms with Crippen LogP contribution in [-0.2, 0) is 0 Å². The SMILES string of the molecule is CCN(C(=O)c1csc(C)n1)C1CC1. The molecule has 0 bridgehead atoms. The van der Waals surface area contributed by atoms with Gasteiger partial charge in [-0.15, -0.1) is 11.3 Å². The van der Waals surface area contributed by atoms with Crippen molar-refractivity contribution in [2.24, 2.45) is 0 Å². The van der Waals surface area contributed by atoms with Crippen LogP contribution in [0.3, 0.4) is 0 Å². The average Bonchev–Trinajstić information content (AvgIpc) is 2.90. The Labute approximate surface area is 87.8 Å². The summed E-state index contributed by atoms with van der Waals surface area (Å²) in [4.78, 5) is 18.1. The van der Waals surface area contributed by atoms with Crippen LogP contribution in [-0.4, -0.2) is 28.4 Å². The van der Waals surface area contributed by atoms with Crippen LogP contribution in [0.1, 0.15) is 35.3 Å². The first-order valence-corrected chi connectivity index (χ1v) is 5.83. The number of rotatable bonds is 3. The van der Waals surface area contributed by atoms with E-state index in [1.807, 2.05) is 24.1 Å². The Morgan fingerprint density at radius 3 is 2.86 bits per heavy atom. The van der Waals surface area contributed by atoms with E-state index in [0.29, 0.717) is 11.7 Å². The number of aromatic nitrogens is 1. The number of hydrogen-bond acceptors (Lipinski definition) is 3. The van der Waals surface area contributed by atoms with E-state index < -0.39 is 0 Å². The second-order valence-corrected chi connectivity index (χ2v) is 4.64. The molecule has 1 aromatic rings. The van der Waals surface area contributed by atoms with E-state index in [-0.39, 0.29) is 5.91 Å². The van der Waals surface area contributed by atoms with Crippen LogP contribution >= 0.6 is 11.3 Å². The zero-order valence-corrected chi connectivity index (χ0v) is 9.30. The van der Waals surface area contributed by atoms with Gasteiger partial charge in [0.1, 0.15) is 5.69 Å². The van der Waals surface area contributed by atoms with Crippen LogP contribution in [0.4, 0.5) is 0 Å². The molecule has 1 aromatic heterocycles. The fourth-order valence-electron chi connectivity index (χ4n) is 1.56. The molecule has 1 aliphatic carbocycles. The summed E-state index contributed by atoms with van der Waals surface area (Å²) in [6, 6.07) is 0.481. The molecular formula is C10H14N2OS. The van der Waals surface area contributed by atoms with E-state index in [1.54, 1.807) is 0 Å². The fraction of sp³-hybridized carbons (Fsp3) is 0.600. The van der Waals surface area contributed by atoms with Gasteiger partial charge in [0.2, 0.25) is 0 Å². The minimum atomic E-state index is 0.0966. The molecule has 0 aromatic carbocycles. The summed E-state index contributed by atoms with van der Waals surface area (Å²) < 4.78 is 0. The lowest BCUT2D eigenvalue weighted by atomic mass is 10.3. The van der Waals surface area contributed by atoms with Crippen LogP contribution in [0.5, 0.6) is 0 Å². The molecule has 1 saturated carbocycles. The molecule has 0 aliphatic heterocycles. The van der Waals surface area contributed by atoms with E-state index in [0.717, 1.165) is 24.4 Å². The van der Waals surface area contributed by atoms with Crippen molar-refractivity contribution in [3.05, 3.63) is 16.1 Å². The Hall–Kier alpha value is -0.900. The molecule has 0 N–H and O–H groups in total. The second-order valence-electron chi connectivity index (χ2n) is 3.57. The highest BCUT2D eigenvalue weighted by Crippen LogP contribution is 2.28. The van der Waals surface area contributed by atoms with Crippen LogP contribution in [0.15, 0.2) is 5.38 Å². The average molecular weight is 210 g/mol. The van der Waals surface area contributed by atoms with Crippen molar-refractivity contribution >= 4 is 17.2 Å². The zero-order chi connectivity index (χ0) is 10.1. The van der Waals surface area contributed by atoms with Gasteiger partial charge < -0.3 is 4.90 Å². The normalized spacial score (nSPS) is 15.6. The van der Waals surface area contributed by atoms with Crippen LogP contribution in [0, 0.1) is 6.92 Å². The Morgan fingerprint density at radius 2 is 2.43 bits per heavy atom. The molecule has 0 saturated heterocycles. The molecule has 0 spiro atoms. The van der Waals surface area contributed by atoms with Crippen LogP contribution in [0.25, 0.3) is 0 Å². The number of thiazole rings is 1. The van der Waals surface area contributed by atoms with E-state index >= 15 is 0 Å². The summed E-state index contributed by atoms with van der Waals surface area (Å²) in [6.45, 7) is 4.74. The molecule has 0 unspecified atom stereocenters. The van der Waals surface area contributed by atoms with Gasteiger partial charge >= 0.3 is 0 Å². The molecule has 76 valence electrons. The summed E-state index contributed by atoms with van der Waals surface area (Å²) in [5.74, 6) is 0.0966. The molecule has 1 aliphatic rings. The standard InChI is InChI=1S/C10H14N2OS/c1-3-12(8-4-5-8)10(13)9-6-14-7(2)11-9/h6,8H,3-5H2,1-2H3. The largest absolute Gasteiger partial charge is 0.335 e. The topological polar surface area (TPSA) is 33.2 Å².